The Morgan fingerprint density at radius 3 is 2.86 bits per heavy atom. The van der Waals surface area contributed by atoms with Crippen LogP contribution in [-0.4, -0.2) is 31.6 Å². The van der Waals surface area contributed by atoms with Crippen LogP contribution in [0.15, 0.2) is 12.1 Å². The summed E-state index contributed by atoms with van der Waals surface area (Å²) in [5, 5.41) is 6.37. The number of hydrogen-bond acceptors (Lipinski definition) is 3. The number of carbonyl (C=O) groups excluding carboxylic acids is 1. The van der Waals surface area contributed by atoms with Crippen molar-refractivity contribution in [2.75, 3.05) is 19.6 Å². The molecule has 2 unspecified atom stereocenters. The first kappa shape index (κ1) is 17.1. The van der Waals surface area contributed by atoms with Gasteiger partial charge in [0, 0.05) is 13.0 Å². The second kappa shape index (κ2) is 7.34. The molecule has 0 radical (unpaired) electrons. The molecule has 5 heteroatoms. The maximum absolute atomic E-state index is 12.2. The minimum Gasteiger partial charge on any atom is -0.480 e. The van der Waals surface area contributed by atoms with E-state index in [1.807, 2.05) is 6.07 Å². The maximum atomic E-state index is 12.2. The predicted octanol–water partition coefficient (Wildman–Crippen LogP) is 2.14. The third kappa shape index (κ3) is 3.73. The van der Waals surface area contributed by atoms with Crippen molar-refractivity contribution in [2.45, 2.75) is 39.2 Å². The van der Waals surface area contributed by atoms with E-state index in [0.717, 1.165) is 37.4 Å². The Labute approximate surface area is 138 Å². The zero-order valence-corrected chi connectivity index (χ0v) is 14.1. The summed E-state index contributed by atoms with van der Waals surface area (Å²) in [6.07, 6.45) is 2.60. The molecule has 1 saturated heterocycles. The summed E-state index contributed by atoms with van der Waals surface area (Å²) in [5.41, 5.74) is 3.62. The van der Waals surface area contributed by atoms with Gasteiger partial charge in [-0.05, 0) is 68.5 Å². The van der Waals surface area contributed by atoms with Crippen LogP contribution in [0.1, 0.15) is 29.5 Å². The quantitative estimate of drug-likeness (QED) is 0.892. The summed E-state index contributed by atoms with van der Waals surface area (Å²) in [5.74, 6) is 1.60. The van der Waals surface area contributed by atoms with E-state index < -0.39 is 0 Å². The minimum absolute atomic E-state index is 0. The average Bonchev–Trinajstić information content (AvgIpc) is 3.08. The summed E-state index contributed by atoms with van der Waals surface area (Å²) >= 11 is 0. The zero-order chi connectivity index (χ0) is 14.8. The van der Waals surface area contributed by atoms with Crippen LogP contribution < -0.4 is 15.4 Å². The number of aryl methyl sites for hydroxylation is 2. The number of amides is 1. The molecule has 2 N–H and O–H groups in total. The Kier molecular flexibility index (Phi) is 5.70. The van der Waals surface area contributed by atoms with E-state index in [1.54, 1.807) is 0 Å². The smallest absolute Gasteiger partial charge is 0.261 e. The largest absolute Gasteiger partial charge is 0.480 e. The number of nitrogens with one attached hydrogen (secondary N) is 2. The van der Waals surface area contributed by atoms with Crippen LogP contribution in [0.2, 0.25) is 0 Å². The van der Waals surface area contributed by atoms with Gasteiger partial charge in [0.05, 0.1) is 0 Å². The van der Waals surface area contributed by atoms with Crippen LogP contribution in [0.25, 0.3) is 0 Å². The molecule has 2 aliphatic heterocycles. The highest BCUT2D eigenvalue weighted by Gasteiger charge is 2.29. The topological polar surface area (TPSA) is 50.4 Å². The lowest BCUT2D eigenvalue weighted by Gasteiger charge is -2.13. The highest BCUT2D eigenvalue weighted by molar-refractivity contribution is 5.85. The molecule has 0 aromatic heterocycles. The van der Waals surface area contributed by atoms with Gasteiger partial charge in [-0.1, -0.05) is 6.07 Å². The third-order valence-corrected chi connectivity index (χ3v) is 4.66. The van der Waals surface area contributed by atoms with E-state index in [1.165, 1.54) is 17.5 Å². The van der Waals surface area contributed by atoms with Gasteiger partial charge in [-0.2, -0.15) is 0 Å². The van der Waals surface area contributed by atoms with E-state index >= 15 is 0 Å². The molecule has 1 aromatic rings. The highest BCUT2D eigenvalue weighted by Crippen LogP contribution is 2.31. The minimum atomic E-state index is -0.358. The predicted molar refractivity (Wildman–Crippen MR) is 89.9 cm³/mol. The first-order valence-electron chi connectivity index (χ1n) is 7.88. The van der Waals surface area contributed by atoms with Gasteiger partial charge in [0.25, 0.3) is 5.91 Å². The van der Waals surface area contributed by atoms with E-state index in [-0.39, 0.29) is 24.4 Å². The number of ether oxygens (including phenoxy) is 1. The van der Waals surface area contributed by atoms with E-state index in [9.17, 15) is 4.79 Å². The number of halogens is 1. The Morgan fingerprint density at radius 1 is 1.36 bits per heavy atom. The second-order valence-electron chi connectivity index (χ2n) is 6.29. The monoisotopic (exact) mass is 324 g/mol. The fourth-order valence-electron chi connectivity index (χ4n) is 3.13. The molecule has 2 heterocycles. The molecular formula is C17H25ClN2O2. The standard InChI is InChI=1S/C17H24N2O2.ClH/c1-11-7-14-9-16(21-15(14)8-12(11)2)17(20)19-6-4-13-3-5-18-10-13;/h7-8,13,16,18H,3-6,9-10H2,1-2H3,(H,19,20);1H. The Morgan fingerprint density at radius 2 is 2.14 bits per heavy atom. The van der Waals surface area contributed by atoms with Gasteiger partial charge in [0.2, 0.25) is 0 Å². The first-order chi connectivity index (χ1) is 10.1. The molecule has 0 spiro atoms. The van der Waals surface area contributed by atoms with Crippen molar-refractivity contribution in [1.29, 1.82) is 0 Å². The van der Waals surface area contributed by atoms with E-state index in [0.29, 0.717) is 12.3 Å². The number of rotatable bonds is 4. The fraction of sp³-hybridized carbons (Fsp3) is 0.588. The number of carbonyl (C=O) groups is 1. The number of benzene rings is 1. The van der Waals surface area contributed by atoms with Crippen LogP contribution in [-0.2, 0) is 11.2 Å². The average molecular weight is 325 g/mol. The molecule has 1 amide bonds. The van der Waals surface area contributed by atoms with E-state index in [4.69, 9.17) is 4.74 Å². The van der Waals surface area contributed by atoms with Gasteiger partial charge in [-0.15, -0.1) is 12.4 Å². The normalized spacial score (nSPS) is 22.6. The van der Waals surface area contributed by atoms with Gasteiger partial charge < -0.3 is 15.4 Å². The second-order valence-corrected chi connectivity index (χ2v) is 6.29. The van der Waals surface area contributed by atoms with Gasteiger partial charge in [-0.3, -0.25) is 4.79 Å². The van der Waals surface area contributed by atoms with Crippen LogP contribution in [0.3, 0.4) is 0 Å². The Hall–Kier alpha value is -1.26. The highest BCUT2D eigenvalue weighted by atomic mass is 35.5. The summed E-state index contributed by atoms with van der Waals surface area (Å²) in [6.45, 7) is 7.11. The van der Waals surface area contributed by atoms with E-state index in [2.05, 4.69) is 30.5 Å². The molecule has 2 aliphatic rings. The molecule has 3 rings (SSSR count). The van der Waals surface area contributed by atoms with Crippen molar-refractivity contribution < 1.29 is 9.53 Å². The third-order valence-electron chi connectivity index (χ3n) is 4.66. The van der Waals surface area contributed by atoms with Crippen LogP contribution in [0.5, 0.6) is 5.75 Å². The molecule has 1 aromatic carbocycles. The van der Waals surface area contributed by atoms with Crippen molar-refractivity contribution in [3.8, 4) is 5.75 Å². The van der Waals surface area contributed by atoms with Crippen molar-refractivity contribution in [1.82, 2.24) is 10.6 Å². The molecule has 4 nitrogen and oxygen atoms in total. The van der Waals surface area contributed by atoms with Gasteiger partial charge in [-0.25, -0.2) is 0 Å². The molecular weight excluding hydrogens is 300 g/mol. The van der Waals surface area contributed by atoms with Crippen molar-refractivity contribution in [3.05, 3.63) is 28.8 Å². The van der Waals surface area contributed by atoms with Gasteiger partial charge in [0.15, 0.2) is 6.10 Å². The summed E-state index contributed by atoms with van der Waals surface area (Å²) < 4.78 is 5.80. The molecule has 1 fully saturated rings. The summed E-state index contributed by atoms with van der Waals surface area (Å²) in [4.78, 5) is 12.2. The molecule has 22 heavy (non-hydrogen) atoms. The summed E-state index contributed by atoms with van der Waals surface area (Å²) in [7, 11) is 0. The van der Waals surface area contributed by atoms with Crippen LogP contribution >= 0.6 is 12.4 Å². The van der Waals surface area contributed by atoms with Crippen molar-refractivity contribution in [2.24, 2.45) is 5.92 Å². The van der Waals surface area contributed by atoms with Gasteiger partial charge >= 0.3 is 0 Å². The summed E-state index contributed by atoms with van der Waals surface area (Å²) in [6, 6.07) is 4.18. The fourth-order valence-corrected chi connectivity index (χ4v) is 3.13. The Balaban J connectivity index is 0.00000176. The first-order valence-corrected chi connectivity index (χ1v) is 7.88. The number of hydrogen-bond donors (Lipinski definition) is 2. The molecule has 122 valence electrons. The lowest BCUT2D eigenvalue weighted by atomic mass is 10.0. The lowest BCUT2D eigenvalue weighted by molar-refractivity contribution is -0.127. The maximum Gasteiger partial charge on any atom is 0.261 e. The van der Waals surface area contributed by atoms with Crippen molar-refractivity contribution >= 4 is 18.3 Å². The molecule has 0 saturated carbocycles. The van der Waals surface area contributed by atoms with Crippen LogP contribution in [0, 0.1) is 19.8 Å². The number of fused-ring (bicyclic) bond motifs is 1. The lowest BCUT2D eigenvalue weighted by Crippen LogP contribution is -2.38. The van der Waals surface area contributed by atoms with Crippen LogP contribution in [0.4, 0.5) is 0 Å². The SMILES string of the molecule is Cc1cc2c(cc1C)OC(C(=O)NCCC1CCNC1)C2.Cl. The van der Waals surface area contributed by atoms with Gasteiger partial charge in [0.1, 0.15) is 5.75 Å². The zero-order valence-electron chi connectivity index (χ0n) is 13.3. The molecule has 0 bridgehead atoms. The molecule has 2 atom stereocenters. The molecule has 0 aliphatic carbocycles. The van der Waals surface area contributed by atoms with Crippen molar-refractivity contribution in [3.63, 3.8) is 0 Å². The Bertz CT molecular complexity index is 511.